The number of hydrogen-bond acceptors (Lipinski definition) is 5. The molecule has 0 saturated heterocycles. The molecule has 0 fully saturated rings. The summed E-state index contributed by atoms with van der Waals surface area (Å²) in [5.41, 5.74) is 1.74. The molecule has 2 amide bonds. The number of nitrogens with zero attached hydrogens (tertiary/aromatic N) is 2. The normalized spacial score (nSPS) is 12.1. The van der Waals surface area contributed by atoms with Crippen LogP contribution in [0.2, 0.25) is 15.1 Å². The number of ether oxygens (including phenoxy) is 1. The molecule has 0 bridgehead atoms. The Kier molecular flexibility index (Phi) is 13.2. The van der Waals surface area contributed by atoms with Crippen LogP contribution in [0.5, 0.6) is 5.75 Å². The van der Waals surface area contributed by atoms with E-state index in [2.05, 4.69) is 5.32 Å². The van der Waals surface area contributed by atoms with E-state index in [1.165, 1.54) is 22.4 Å². The van der Waals surface area contributed by atoms with Crippen molar-refractivity contribution in [1.82, 2.24) is 10.2 Å². The maximum Gasteiger partial charge on any atom is 0.243 e. The predicted octanol–water partition coefficient (Wildman–Crippen LogP) is 6.61. The van der Waals surface area contributed by atoms with Crippen LogP contribution in [0.3, 0.4) is 0 Å². The van der Waals surface area contributed by atoms with E-state index < -0.39 is 16.1 Å². The smallest absolute Gasteiger partial charge is 0.243 e. The molecule has 12 heteroatoms. The van der Waals surface area contributed by atoms with E-state index >= 15 is 0 Å². The maximum atomic E-state index is 14.0. The van der Waals surface area contributed by atoms with E-state index in [1.807, 2.05) is 44.2 Å². The Balaban J connectivity index is 1.93. The molecule has 3 rings (SSSR count). The fraction of sp³-hybridized carbons (Fsp3) is 0.375. The quantitative estimate of drug-likeness (QED) is 0.195. The van der Waals surface area contributed by atoms with Crippen molar-refractivity contribution in [3.05, 3.63) is 92.9 Å². The number of halogens is 3. The lowest BCUT2D eigenvalue weighted by Crippen LogP contribution is -2.51. The van der Waals surface area contributed by atoms with Gasteiger partial charge in [-0.05, 0) is 48.2 Å². The van der Waals surface area contributed by atoms with E-state index in [0.29, 0.717) is 33.6 Å². The molecule has 0 aliphatic heterocycles. The zero-order valence-corrected chi connectivity index (χ0v) is 28.3. The first kappa shape index (κ1) is 35.5. The summed E-state index contributed by atoms with van der Waals surface area (Å²) in [7, 11) is -2.24. The minimum Gasteiger partial charge on any atom is -0.495 e. The molecule has 1 N–H and O–H groups in total. The van der Waals surface area contributed by atoms with Crippen molar-refractivity contribution < 1.29 is 22.7 Å². The standard InChI is InChI=1S/C32H38Cl3N3O5S/c1-22(2)20-36-32(40)29(18-23-10-6-5-7-11-23)37(21-25-26(33)12-8-13-27(25)34)31(39)14-9-17-38(44(4,41)42)24-15-16-30(43-3)28(35)19-24/h5-8,10-13,15-16,19,22,29H,9,14,17-18,20-21H2,1-4H3,(H,36,40)/t29-/m0/s1. The van der Waals surface area contributed by atoms with Crippen LogP contribution >= 0.6 is 34.8 Å². The number of sulfonamides is 1. The molecule has 0 saturated carbocycles. The fourth-order valence-corrected chi connectivity index (χ4v) is 6.37. The third kappa shape index (κ3) is 10.0. The fourth-order valence-electron chi connectivity index (χ4n) is 4.64. The van der Waals surface area contributed by atoms with Gasteiger partial charge in [0.15, 0.2) is 0 Å². The lowest BCUT2D eigenvalue weighted by atomic mass is 10.0. The van der Waals surface area contributed by atoms with Crippen LogP contribution in [0.15, 0.2) is 66.7 Å². The van der Waals surface area contributed by atoms with E-state index in [1.54, 1.807) is 30.3 Å². The lowest BCUT2D eigenvalue weighted by molar-refractivity contribution is -0.141. The summed E-state index contributed by atoms with van der Waals surface area (Å²) >= 11 is 19.3. The minimum atomic E-state index is -3.71. The van der Waals surface area contributed by atoms with Crippen molar-refractivity contribution in [3.63, 3.8) is 0 Å². The maximum absolute atomic E-state index is 14.0. The second-order valence-corrected chi connectivity index (χ2v) is 14.0. The number of methoxy groups -OCH3 is 1. The van der Waals surface area contributed by atoms with Crippen molar-refractivity contribution in [2.45, 2.75) is 45.7 Å². The molecule has 238 valence electrons. The molecule has 3 aromatic rings. The highest BCUT2D eigenvalue weighted by Crippen LogP contribution is 2.31. The van der Waals surface area contributed by atoms with Crippen LogP contribution in [0, 0.1) is 5.92 Å². The summed E-state index contributed by atoms with van der Waals surface area (Å²) in [5.74, 6) is -0.0346. The van der Waals surface area contributed by atoms with E-state index in [0.717, 1.165) is 11.8 Å². The van der Waals surface area contributed by atoms with Crippen LogP contribution in [0.4, 0.5) is 5.69 Å². The molecule has 0 aliphatic carbocycles. The van der Waals surface area contributed by atoms with E-state index in [-0.39, 0.29) is 55.1 Å². The van der Waals surface area contributed by atoms with Crippen molar-refractivity contribution >= 4 is 62.3 Å². The van der Waals surface area contributed by atoms with Gasteiger partial charge in [0, 0.05) is 48.1 Å². The molecule has 3 aromatic carbocycles. The molecule has 0 spiro atoms. The summed E-state index contributed by atoms with van der Waals surface area (Å²) in [6, 6.07) is 18.3. The topological polar surface area (TPSA) is 96.0 Å². The molecular weight excluding hydrogens is 645 g/mol. The Morgan fingerprint density at radius 3 is 2.16 bits per heavy atom. The Hall–Kier alpha value is -2.98. The van der Waals surface area contributed by atoms with Gasteiger partial charge < -0.3 is 15.0 Å². The number of hydrogen-bond donors (Lipinski definition) is 1. The Bertz CT molecular complexity index is 1520. The van der Waals surface area contributed by atoms with Gasteiger partial charge in [-0.25, -0.2) is 8.42 Å². The summed E-state index contributed by atoms with van der Waals surface area (Å²) in [6.45, 7) is 4.42. The van der Waals surface area contributed by atoms with Gasteiger partial charge in [0.1, 0.15) is 11.8 Å². The average Bonchev–Trinajstić information content (AvgIpc) is 2.97. The largest absolute Gasteiger partial charge is 0.495 e. The average molecular weight is 683 g/mol. The summed E-state index contributed by atoms with van der Waals surface area (Å²) in [4.78, 5) is 29.2. The van der Waals surface area contributed by atoms with Gasteiger partial charge in [-0.1, -0.05) is 85.0 Å². The minimum absolute atomic E-state index is 0.00613. The van der Waals surface area contributed by atoms with Crippen molar-refractivity contribution in [2.75, 3.05) is 30.8 Å². The molecule has 0 heterocycles. The highest BCUT2D eigenvalue weighted by Gasteiger charge is 2.31. The van der Waals surface area contributed by atoms with Crippen LogP contribution in [-0.2, 0) is 32.6 Å². The SMILES string of the molecule is COc1ccc(N(CCCC(=O)N(Cc2c(Cl)cccc2Cl)[C@@H](Cc2ccccc2)C(=O)NCC(C)C)S(C)(=O)=O)cc1Cl. The van der Waals surface area contributed by atoms with Crippen LogP contribution in [0.1, 0.15) is 37.8 Å². The third-order valence-corrected chi connectivity index (χ3v) is 9.12. The van der Waals surface area contributed by atoms with Crippen molar-refractivity contribution in [1.29, 1.82) is 0 Å². The Morgan fingerprint density at radius 1 is 0.932 bits per heavy atom. The Morgan fingerprint density at radius 2 is 1.59 bits per heavy atom. The summed E-state index contributed by atoms with van der Waals surface area (Å²) < 4.78 is 31.8. The third-order valence-electron chi connectivity index (χ3n) is 6.92. The van der Waals surface area contributed by atoms with Gasteiger partial charge in [0.05, 0.1) is 24.1 Å². The van der Waals surface area contributed by atoms with Gasteiger partial charge in [-0.15, -0.1) is 0 Å². The highest BCUT2D eigenvalue weighted by atomic mass is 35.5. The number of anilines is 1. The highest BCUT2D eigenvalue weighted by molar-refractivity contribution is 7.92. The molecule has 0 unspecified atom stereocenters. The van der Waals surface area contributed by atoms with E-state index in [9.17, 15) is 18.0 Å². The van der Waals surface area contributed by atoms with E-state index in [4.69, 9.17) is 39.5 Å². The second kappa shape index (κ2) is 16.4. The molecule has 44 heavy (non-hydrogen) atoms. The van der Waals surface area contributed by atoms with Crippen molar-refractivity contribution in [2.24, 2.45) is 5.92 Å². The number of benzene rings is 3. The van der Waals surface area contributed by atoms with Gasteiger partial charge >= 0.3 is 0 Å². The first-order valence-electron chi connectivity index (χ1n) is 14.2. The van der Waals surface area contributed by atoms with Crippen LogP contribution in [-0.4, -0.2) is 57.6 Å². The number of nitrogens with one attached hydrogen (secondary N) is 1. The summed E-state index contributed by atoms with van der Waals surface area (Å²) in [5, 5.41) is 3.97. The first-order valence-corrected chi connectivity index (χ1v) is 17.1. The number of amides is 2. The number of carbonyl (C=O) groups is 2. The van der Waals surface area contributed by atoms with Crippen LogP contribution < -0.4 is 14.4 Å². The second-order valence-electron chi connectivity index (χ2n) is 10.8. The summed E-state index contributed by atoms with van der Waals surface area (Å²) in [6.07, 6.45) is 1.49. The van der Waals surface area contributed by atoms with Crippen LogP contribution in [0.25, 0.3) is 0 Å². The van der Waals surface area contributed by atoms with Crippen molar-refractivity contribution in [3.8, 4) is 5.75 Å². The van der Waals surface area contributed by atoms with Gasteiger partial charge in [0.25, 0.3) is 0 Å². The molecule has 0 aliphatic rings. The number of carbonyl (C=O) groups excluding carboxylic acids is 2. The van der Waals surface area contributed by atoms with Gasteiger partial charge in [0.2, 0.25) is 21.8 Å². The zero-order valence-electron chi connectivity index (χ0n) is 25.2. The Labute approximate surface area is 275 Å². The first-order chi connectivity index (χ1) is 20.8. The zero-order chi connectivity index (χ0) is 32.4. The van der Waals surface area contributed by atoms with Gasteiger partial charge in [-0.3, -0.25) is 13.9 Å². The molecular formula is C32H38Cl3N3O5S. The lowest BCUT2D eigenvalue weighted by Gasteiger charge is -2.32. The number of rotatable bonds is 15. The molecule has 1 atom stereocenters. The van der Waals surface area contributed by atoms with Gasteiger partial charge in [-0.2, -0.15) is 0 Å². The molecule has 0 radical (unpaired) electrons. The monoisotopic (exact) mass is 681 g/mol. The predicted molar refractivity (Wildman–Crippen MR) is 178 cm³/mol. The molecule has 0 aromatic heterocycles. The molecule has 8 nitrogen and oxygen atoms in total.